The van der Waals surface area contributed by atoms with Gasteiger partial charge in [-0.25, -0.2) is 4.98 Å². The normalized spacial score (nSPS) is 23.7. The van der Waals surface area contributed by atoms with Crippen molar-refractivity contribution in [3.63, 3.8) is 0 Å². The van der Waals surface area contributed by atoms with Crippen molar-refractivity contribution < 1.29 is 9.59 Å². The number of hydrogen-bond acceptors (Lipinski definition) is 3. The van der Waals surface area contributed by atoms with Gasteiger partial charge in [-0.15, -0.1) is 0 Å². The highest BCUT2D eigenvalue weighted by molar-refractivity contribution is 6.05. The lowest BCUT2D eigenvalue weighted by Crippen LogP contribution is -2.37. The Morgan fingerprint density at radius 3 is 2.74 bits per heavy atom. The molecule has 0 bridgehead atoms. The molecule has 1 aliphatic rings. The molecule has 1 aromatic heterocycles. The summed E-state index contributed by atoms with van der Waals surface area (Å²) in [5.41, 5.74) is -0.526. The van der Waals surface area contributed by atoms with Crippen molar-refractivity contribution in [3.05, 3.63) is 18.2 Å². The predicted octanol–water partition coefficient (Wildman–Crippen LogP) is 1.76. The van der Waals surface area contributed by atoms with Crippen molar-refractivity contribution in [1.82, 2.24) is 14.9 Å². The minimum atomic E-state index is -0.526. The largest absolute Gasteiger partial charge is 0.349 e. The van der Waals surface area contributed by atoms with Gasteiger partial charge in [0.15, 0.2) is 0 Å². The lowest BCUT2D eigenvalue weighted by molar-refractivity contribution is -0.142. The molecule has 2 amide bonds. The van der Waals surface area contributed by atoms with Crippen LogP contribution in [0.2, 0.25) is 0 Å². The Morgan fingerprint density at radius 2 is 2.21 bits per heavy atom. The molecule has 1 saturated heterocycles. The number of H-pyrrole nitrogens is 1. The van der Waals surface area contributed by atoms with E-state index in [1.54, 1.807) is 12.4 Å². The molecule has 0 spiro atoms. The molecule has 2 heterocycles. The quantitative estimate of drug-likeness (QED) is 0.823. The molecular formula is C14H21N3O2. The van der Waals surface area contributed by atoms with E-state index in [4.69, 9.17) is 0 Å². The Morgan fingerprint density at radius 1 is 1.47 bits per heavy atom. The van der Waals surface area contributed by atoms with Crippen molar-refractivity contribution in [2.45, 2.75) is 40.0 Å². The molecule has 1 unspecified atom stereocenters. The second-order valence-corrected chi connectivity index (χ2v) is 5.74. The zero-order valence-corrected chi connectivity index (χ0v) is 11.8. The van der Waals surface area contributed by atoms with E-state index in [0.29, 0.717) is 13.0 Å². The molecule has 1 atom stereocenters. The summed E-state index contributed by atoms with van der Waals surface area (Å²) in [6.07, 6.45) is 5.32. The summed E-state index contributed by atoms with van der Waals surface area (Å²) in [7, 11) is 0. The third kappa shape index (κ3) is 2.55. The highest BCUT2D eigenvalue weighted by atomic mass is 16.2. The van der Waals surface area contributed by atoms with Crippen LogP contribution in [0.5, 0.6) is 0 Å². The Kier molecular flexibility index (Phi) is 3.73. The van der Waals surface area contributed by atoms with Crippen molar-refractivity contribution in [3.8, 4) is 0 Å². The SMILES string of the molecule is CC(C)C1(C)CC(=O)N(CCCc2ncc[nH]2)C1=O. The van der Waals surface area contributed by atoms with Gasteiger partial charge < -0.3 is 4.98 Å². The maximum atomic E-state index is 12.4. The number of imidazole rings is 1. The number of amides is 2. The summed E-state index contributed by atoms with van der Waals surface area (Å²) >= 11 is 0. The number of aryl methyl sites for hydroxylation is 1. The monoisotopic (exact) mass is 263 g/mol. The van der Waals surface area contributed by atoms with Gasteiger partial charge in [0, 0.05) is 31.8 Å². The molecule has 5 nitrogen and oxygen atoms in total. The number of aromatic amines is 1. The van der Waals surface area contributed by atoms with Crippen LogP contribution in [-0.2, 0) is 16.0 Å². The van der Waals surface area contributed by atoms with E-state index in [9.17, 15) is 9.59 Å². The number of imide groups is 1. The average Bonchev–Trinajstić information content (AvgIpc) is 2.92. The van der Waals surface area contributed by atoms with E-state index in [2.05, 4.69) is 9.97 Å². The van der Waals surface area contributed by atoms with Gasteiger partial charge in [-0.05, 0) is 19.3 Å². The van der Waals surface area contributed by atoms with E-state index in [1.165, 1.54) is 4.90 Å². The van der Waals surface area contributed by atoms with Gasteiger partial charge in [-0.3, -0.25) is 14.5 Å². The highest BCUT2D eigenvalue weighted by Crippen LogP contribution is 2.39. The Hall–Kier alpha value is -1.65. The summed E-state index contributed by atoms with van der Waals surface area (Å²) in [4.78, 5) is 32.9. The molecule has 1 aromatic rings. The first kappa shape index (κ1) is 13.8. The fourth-order valence-electron chi connectivity index (χ4n) is 2.42. The lowest BCUT2D eigenvalue weighted by atomic mass is 9.78. The minimum Gasteiger partial charge on any atom is -0.349 e. The first-order valence-corrected chi connectivity index (χ1v) is 6.78. The number of aromatic nitrogens is 2. The van der Waals surface area contributed by atoms with Gasteiger partial charge in [-0.2, -0.15) is 0 Å². The van der Waals surface area contributed by atoms with E-state index in [-0.39, 0.29) is 17.7 Å². The molecule has 0 aromatic carbocycles. The number of hydrogen-bond donors (Lipinski definition) is 1. The van der Waals surface area contributed by atoms with Crippen LogP contribution in [0.1, 0.15) is 39.4 Å². The number of nitrogens with zero attached hydrogens (tertiary/aromatic N) is 2. The van der Waals surface area contributed by atoms with Gasteiger partial charge in [0.25, 0.3) is 0 Å². The Balaban J connectivity index is 1.94. The van der Waals surface area contributed by atoms with E-state index < -0.39 is 5.41 Å². The topological polar surface area (TPSA) is 66.1 Å². The number of nitrogens with one attached hydrogen (secondary N) is 1. The molecule has 0 saturated carbocycles. The molecule has 104 valence electrons. The molecule has 0 aliphatic carbocycles. The second-order valence-electron chi connectivity index (χ2n) is 5.74. The van der Waals surface area contributed by atoms with Crippen LogP contribution < -0.4 is 0 Å². The molecule has 5 heteroatoms. The van der Waals surface area contributed by atoms with E-state index >= 15 is 0 Å². The summed E-state index contributed by atoms with van der Waals surface area (Å²) in [5.74, 6) is 1.01. The molecule has 0 radical (unpaired) electrons. The van der Waals surface area contributed by atoms with Crippen molar-refractivity contribution in [2.75, 3.05) is 6.54 Å². The second kappa shape index (κ2) is 5.15. The van der Waals surface area contributed by atoms with Gasteiger partial charge >= 0.3 is 0 Å². The van der Waals surface area contributed by atoms with Gasteiger partial charge in [0.2, 0.25) is 11.8 Å². The van der Waals surface area contributed by atoms with Crippen LogP contribution in [0.15, 0.2) is 12.4 Å². The van der Waals surface area contributed by atoms with Crippen LogP contribution in [-0.4, -0.2) is 33.2 Å². The van der Waals surface area contributed by atoms with Crippen LogP contribution in [0.4, 0.5) is 0 Å². The van der Waals surface area contributed by atoms with Crippen molar-refractivity contribution in [1.29, 1.82) is 0 Å². The highest BCUT2D eigenvalue weighted by Gasteiger charge is 2.49. The standard InChI is InChI=1S/C14H21N3O2/c1-10(2)14(3)9-12(18)17(13(14)19)8-4-5-11-15-6-7-16-11/h6-7,10H,4-5,8-9H2,1-3H3,(H,15,16). The molecular weight excluding hydrogens is 242 g/mol. The maximum absolute atomic E-state index is 12.4. The molecule has 1 fully saturated rings. The van der Waals surface area contributed by atoms with E-state index in [1.807, 2.05) is 20.8 Å². The number of rotatable bonds is 5. The summed E-state index contributed by atoms with van der Waals surface area (Å²) in [6, 6.07) is 0. The fourth-order valence-corrected chi connectivity index (χ4v) is 2.42. The smallest absolute Gasteiger partial charge is 0.235 e. The van der Waals surface area contributed by atoms with Crippen molar-refractivity contribution in [2.24, 2.45) is 11.3 Å². The lowest BCUT2D eigenvalue weighted by Gasteiger charge is -2.26. The third-order valence-corrected chi connectivity index (χ3v) is 4.18. The van der Waals surface area contributed by atoms with Crippen LogP contribution >= 0.6 is 0 Å². The molecule has 19 heavy (non-hydrogen) atoms. The number of likely N-dealkylation sites (tertiary alicyclic amines) is 1. The first-order chi connectivity index (χ1) is 8.95. The average molecular weight is 263 g/mol. The summed E-state index contributed by atoms with van der Waals surface area (Å²) < 4.78 is 0. The third-order valence-electron chi connectivity index (χ3n) is 4.18. The first-order valence-electron chi connectivity index (χ1n) is 6.78. The maximum Gasteiger partial charge on any atom is 0.235 e. The van der Waals surface area contributed by atoms with Gasteiger partial charge in [0.1, 0.15) is 5.82 Å². The van der Waals surface area contributed by atoms with Crippen LogP contribution in [0.3, 0.4) is 0 Å². The fraction of sp³-hybridized carbons (Fsp3) is 0.643. The summed E-state index contributed by atoms with van der Waals surface area (Å²) in [6.45, 7) is 6.38. The Labute approximate surface area is 113 Å². The molecule has 2 rings (SSSR count). The van der Waals surface area contributed by atoms with Gasteiger partial charge in [0.05, 0.1) is 5.41 Å². The number of carbonyl (C=O) groups is 2. The molecule has 1 N–H and O–H groups in total. The van der Waals surface area contributed by atoms with Crippen molar-refractivity contribution >= 4 is 11.8 Å². The predicted molar refractivity (Wildman–Crippen MR) is 71.2 cm³/mol. The van der Waals surface area contributed by atoms with E-state index in [0.717, 1.165) is 18.7 Å². The zero-order valence-electron chi connectivity index (χ0n) is 11.8. The summed E-state index contributed by atoms with van der Waals surface area (Å²) in [5, 5.41) is 0. The molecule has 1 aliphatic heterocycles. The van der Waals surface area contributed by atoms with Gasteiger partial charge in [-0.1, -0.05) is 13.8 Å². The van der Waals surface area contributed by atoms with Crippen LogP contribution in [0.25, 0.3) is 0 Å². The zero-order chi connectivity index (χ0) is 14.0. The minimum absolute atomic E-state index is 0.0213. The number of carbonyl (C=O) groups excluding carboxylic acids is 2. The van der Waals surface area contributed by atoms with Crippen LogP contribution in [0, 0.1) is 11.3 Å². The Bertz CT molecular complexity index is 467.